The quantitative estimate of drug-likeness (QED) is 0.901. The molecule has 1 aromatic rings. The van der Waals surface area contributed by atoms with Crippen molar-refractivity contribution in [3.05, 3.63) is 23.0 Å². The topological polar surface area (TPSA) is 40.2 Å². The second-order valence-electron chi connectivity index (χ2n) is 7.57. The third-order valence-electron chi connectivity index (χ3n) is 5.22. The van der Waals surface area contributed by atoms with Crippen molar-refractivity contribution in [2.45, 2.75) is 65.6 Å². The summed E-state index contributed by atoms with van der Waals surface area (Å²) >= 11 is 0. The molecule has 1 aliphatic heterocycles. The number of aromatic nitrogens is 1. The van der Waals surface area contributed by atoms with Crippen molar-refractivity contribution in [2.24, 2.45) is 17.1 Å². The second-order valence-corrected chi connectivity index (χ2v) is 7.57. The van der Waals surface area contributed by atoms with Gasteiger partial charge in [0.25, 0.3) is 0 Å². The highest BCUT2D eigenvalue weighted by Crippen LogP contribution is 2.41. The average molecular weight is 276 g/mol. The molecule has 3 unspecified atom stereocenters. The van der Waals surface area contributed by atoms with Crippen molar-refractivity contribution >= 4 is 0 Å². The number of ether oxygens (including phenoxy) is 1. The SMILES string of the molecule is Cc1cc2c(n1CC1CCOC1C)CC(C)(C)CC2N. The molecule has 0 amide bonds. The molecular weight excluding hydrogens is 248 g/mol. The predicted octanol–water partition coefficient (Wildman–Crippen LogP) is 3.19. The number of hydrogen-bond donors (Lipinski definition) is 1. The van der Waals surface area contributed by atoms with Crippen LogP contribution < -0.4 is 5.73 Å². The van der Waals surface area contributed by atoms with E-state index in [-0.39, 0.29) is 6.04 Å². The van der Waals surface area contributed by atoms with Gasteiger partial charge in [-0.05, 0) is 50.2 Å². The van der Waals surface area contributed by atoms with Gasteiger partial charge in [-0.2, -0.15) is 0 Å². The Morgan fingerprint density at radius 3 is 2.85 bits per heavy atom. The summed E-state index contributed by atoms with van der Waals surface area (Å²) in [5.41, 5.74) is 10.9. The molecule has 3 heteroatoms. The summed E-state index contributed by atoms with van der Waals surface area (Å²) in [6.45, 7) is 11.1. The van der Waals surface area contributed by atoms with Gasteiger partial charge in [-0.1, -0.05) is 13.8 Å². The number of nitrogens with two attached hydrogens (primary N) is 1. The number of fused-ring (bicyclic) bond motifs is 1. The predicted molar refractivity (Wildman–Crippen MR) is 81.7 cm³/mol. The van der Waals surface area contributed by atoms with E-state index in [1.54, 1.807) is 0 Å². The highest BCUT2D eigenvalue weighted by molar-refractivity contribution is 5.34. The van der Waals surface area contributed by atoms with Gasteiger partial charge >= 0.3 is 0 Å². The Hall–Kier alpha value is -0.800. The molecule has 0 radical (unpaired) electrons. The summed E-state index contributed by atoms with van der Waals surface area (Å²) in [6.07, 6.45) is 3.80. The van der Waals surface area contributed by atoms with E-state index < -0.39 is 0 Å². The largest absolute Gasteiger partial charge is 0.378 e. The van der Waals surface area contributed by atoms with Gasteiger partial charge in [-0.25, -0.2) is 0 Å². The standard InChI is InChI=1S/C17H28N2O/c1-11-7-14-15(18)8-17(3,4)9-16(14)19(11)10-13-5-6-20-12(13)2/h7,12-13,15H,5-6,8-10,18H2,1-4H3. The van der Waals surface area contributed by atoms with Crippen LogP contribution in [-0.4, -0.2) is 17.3 Å². The minimum Gasteiger partial charge on any atom is -0.378 e. The smallest absolute Gasteiger partial charge is 0.0593 e. The van der Waals surface area contributed by atoms with Crippen molar-refractivity contribution < 1.29 is 4.74 Å². The summed E-state index contributed by atoms with van der Waals surface area (Å²) in [4.78, 5) is 0. The molecule has 2 N–H and O–H groups in total. The Balaban J connectivity index is 1.92. The monoisotopic (exact) mass is 276 g/mol. The molecule has 2 aliphatic rings. The minimum absolute atomic E-state index is 0.200. The molecule has 0 aromatic carbocycles. The third kappa shape index (κ3) is 2.42. The van der Waals surface area contributed by atoms with Gasteiger partial charge in [-0.15, -0.1) is 0 Å². The van der Waals surface area contributed by atoms with E-state index in [4.69, 9.17) is 10.5 Å². The van der Waals surface area contributed by atoms with Gasteiger partial charge in [0, 0.05) is 36.5 Å². The molecule has 112 valence electrons. The summed E-state index contributed by atoms with van der Waals surface area (Å²) < 4.78 is 8.24. The maximum atomic E-state index is 6.40. The lowest BCUT2D eigenvalue weighted by Crippen LogP contribution is -2.31. The van der Waals surface area contributed by atoms with E-state index in [9.17, 15) is 0 Å². The first-order valence-electron chi connectivity index (χ1n) is 7.93. The van der Waals surface area contributed by atoms with Crippen LogP contribution in [-0.2, 0) is 17.7 Å². The van der Waals surface area contributed by atoms with Crippen molar-refractivity contribution in [1.29, 1.82) is 0 Å². The first-order valence-corrected chi connectivity index (χ1v) is 7.93. The molecule has 3 rings (SSSR count). The van der Waals surface area contributed by atoms with E-state index in [1.165, 1.54) is 23.4 Å². The Bertz CT molecular complexity index is 503. The van der Waals surface area contributed by atoms with Gasteiger partial charge in [0.1, 0.15) is 0 Å². The maximum Gasteiger partial charge on any atom is 0.0593 e. The number of rotatable bonds is 2. The molecule has 1 saturated heterocycles. The Labute approximate surface area is 122 Å². The first-order chi connectivity index (χ1) is 9.37. The summed E-state index contributed by atoms with van der Waals surface area (Å²) in [5.74, 6) is 0.645. The van der Waals surface area contributed by atoms with E-state index in [0.29, 0.717) is 17.4 Å². The van der Waals surface area contributed by atoms with Gasteiger partial charge in [0.2, 0.25) is 0 Å². The van der Waals surface area contributed by atoms with Gasteiger partial charge < -0.3 is 15.0 Å². The molecule has 0 saturated carbocycles. The zero-order valence-corrected chi connectivity index (χ0v) is 13.3. The van der Waals surface area contributed by atoms with E-state index in [0.717, 1.165) is 26.0 Å². The molecule has 2 heterocycles. The fourth-order valence-electron chi connectivity index (χ4n) is 4.01. The molecule has 1 aromatic heterocycles. The van der Waals surface area contributed by atoms with Crippen LogP contribution in [0.25, 0.3) is 0 Å². The molecule has 1 fully saturated rings. The van der Waals surface area contributed by atoms with Crippen molar-refractivity contribution in [3.8, 4) is 0 Å². The van der Waals surface area contributed by atoms with Crippen molar-refractivity contribution in [2.75, 3.05) is 6.61 Å². The van der Waals surface area contributed by atoms with Crippen LogP contribution >= 0.6 is 0 Å². The number of nitrogens with zero attached hydrogens (tertiary/aromatic N) is 1. The normalized spacial score (nSPS) is 32.4. The van der Waals surface area contributed by atoms with Crippen LogP contribution in [0.3, 0.4) is 0 Å². The zero-order valence-electron chi connectivity index (χ0n) is 13.3. The molecule has 20 heavy (non-hydrogen) atoms. The lowest BCUT2D eigenvalue weighted by atomic mass is 9.74. The zero-order chi connectivity index (χ0) is 14.5. The number of hydrogen-bond acceptors (Lipinski definition) is 2. The molecule has 3 atom stereocenters. The van der Waals surface area contributed by atoms with E-state index in [2.05, 4.69) is 38.3 Å². The summed E-state index contributed by atoms with van der Waals surface area (Å²) in [7, 11) is 0. The fraction of sp³-hybridized carbons (Fsp3) is 0.765. The van der Waals surface area contributed by atoms with Crippen LogP contribution in [0.4, 0.5) is 0 Å². The number of aryl methyl sites for hydroxylation is 1. The Morgan fingerprint density at radius 1 is 1.45 bits per heavy atom. The fourth-order valence-corrected chi connectivity index (χ4v) is 4.01. The maximum absolute atomic E-state index is 6.40. The van der Waals surface area contributed by atoms with Gasteiger partial charge in [-0.3, -0.25) is 0 Å². The molecular formula is C17H28N2O. The molecule has 1 aliphatic carbocycles. The molecule has 0 bridgehead atoms. The average Bonchev–Trinajstić information content (AvgIpc) is 2.86. The first kappa shape index (κ1) is 14.2. The Kier molecular flexibility index (Phi) is 3.46. The summed E-state index contributed by atoms with van der Waals surface area (Å²) in [5, 5.41) is 0. The lowest BCUT2D eigenvalue weighted by molar-refractivity contribution is 0.101. The van der Waals surface area contributed by atoms with E-state index in [1.807, 2.05) is 0 Å². The van der Waals surface area contributed by atoms with Gasteiger partial charge in [0.15, 0.2) is 0 Å². The lowest BCUT2D eigenvalue weighted by Gasteiger charge is -2.35. The molecule has 0 spiro atoms. The van der Waals surface area contributed by atoms with Crippen LogP contribution in [0.2, 0.25) is 0 Å². The van der Waals surface area contributed by atoms with Crippen molar-refractivity contribution in [3.63, 3.8) is 0 Å². The van der Waals surface area contributed by atoms with Crippen LogP contribution in [0.15, 0.2) is 6.07 Å². The third-order valence-corrected chi connectivity index (χ3v) is 5.22. The highest BCUT2D eigenvalue weighted by atomic mass is 16.5. The van der Waals surface area contributed by atoms with Crippen LogP contribution in [0, 0.1) is 18.3 Å². The molecule has 3 nitrogen and oxygen atoms in total. The van der Waals surface area contributed by atoms with Crippen LogP contribution in [0.1, 0.15) is 56.6 Å². The highest BCUT2D eigenvalue weighted by Gasteiger charge is 2.34. The van der Waals surface area contributed by atoms with Crippen LogP contribution in [0.5, 0.6) is 0 Å². The van der Waals surface area contributed by atoms with Crippen molar-refractivity contribution in [1.82, 2.24) is 4.57 Å². The van der Waals surface area contributed by atoms with E-state index >= 15 is 0 Å². The minimum atomic E-state index is 0.200. The summed E-state index contributed by atoms with van der Waals surface area (Å²) in [6, 6.07) is 2.52. The second kappa shape index (κ2) is 4.88. The van der Waals surface area contributed by atoms with Gasteiger partial charge in [0.05, 0.1) is 6.10 Å². The Morgan fingerprint density at radius 2 is 2.20 bits per heavy atom.